The molecule has 2 rings (SSSR count). The summed E-state index contributed by atoms with van der Waals surface area (Å²) in [5, 5.41) is 11.9. The quantitative estimate of drug-likeness (QED) is 0.889. The monoisotopic (exact) mass is 298 g/mol. The summed E-state index contributed by atoms with van der Waals surface area (Å²) < 4.78 is 0. The normalized spacial score (nSPS) is 11.7. The SMILES string of the molecule is Cc1cccc(C(=O)N[C@H](CC(=O)O)c2ccccc2C)n1. The fourth-order valence-corrected chi connectivity index (χ4v) is 2.29. The second-order valence-corrected chi connectivity index (χ2v) is 5.14. The van der Waals surface area contributed by atoms with E-state index in [1.165, 1.54) is 0 Å². The number of carbonyl (C=O) groups is 2. The van der Waals surface area contributed by atoms with E-state index in [2.05, 4.69) is 10.3 Å². The van der Waals surface area contributed by atoms with Crippen molar-refractivity contribution in [3.8, 4) is 0 Å². The highest BCUT2D eigenvalue weighted by Crippen LogP contribution is 2.21. The van der Waals surface area contributed by atoms with E-state index in [0.29, 0.717) is 0 Å². The van der Waals surface area contributed by atoms with Crippen LogP contribution in [0.3, 0.4) is 0 Å². The van der Waals surface area contributed by atoms with Crippen molar-refractivity contribution in [3.05, 3.63) is 65.0 Å². The summed E-state index contributed by atoms with van der Waals surface area (Å²) in [6.07, 6.45) is -0.178. The smallest absolute Gasteiger partial charge is 0.305 e. The van der Waals surface area contributed by atoms with E-state index in [9.17, 15) is 9.59 Å². The third-order valence-corrected chi connectivity index (χ3v) is 3.37. The Labute approximate surface area is 129 Å². The van der Waals surface area contributed by atoms with Gasteiger partial charge in [0, 0.05) is 5.69 Å². The molecule has 114 valence electrons. The van der Waals surface area contributed by atoms with Crippen LogP contribution in [0.1, 0.15) is 39.8 Å². The number of aromatic nitrogens is 1. The maximum absolute atomic E-state index is 12.3. The van der Waals surface area contributed by atoms with E-state index < -0.39 is 12.0 Å². The molecule has 0 aliphatic rings. The highest BCUT2D eigenvalue weighted by atomic mass is 16.4. The zero-order valence-electron chi connectivity index (χ0n) is 12.5. The molecule has 1 amide bonds. The Morgan fingerprint density at radius 3 is 2.50 bits per heavy atom. The number of carbonyl (C=O) groups excluding carboxylic acids is 1. The Balaban J connectivity index is 2.25. The molecule has 2 aromatic rings. The zero-order chi connectivity index (χ0) is 16.1. The predicted molar refractivity (Wildman–Crippen MR) is 82.6 cm³/mol. The lowest BCUT2D eigenvalue weighted by molar-refractivity contribution is -0.137. The molecule has 5 nitrogen and oxygen atoms in total. The third kappa shape index (κ3) is 3.91. The van der Waals surface area contributed by atoms with Crippen LogP contribution in [0, 0.1) is 13.8 Å². The van der Waals surface area contributed by atoms with E-state index in [4.69, 9.17) is 5.11 Å². The van der Waals surface area contributed by atoms with Gasteiger partial charge in [-0.2, -0.15) is 0 Å². The van der Waals surface area contributed by atoms with Crippen molar-refractivity contribution in [1.82, 2.24) is 10.3 Å². The third-order valence-electron chi connectivity index (χ3n) is 3.37. The minimum atomic E-state index is -0.967. The number of aryl methyl sites for hydroxylation is 2. The Morgan fingerprint density at radius 2 is 1.86 bits per heavy atom. The number of hydrogen-bond donors (Lipinski definition) is 2. The van der Waals surface area contributed by atoms with Gasteiger partial charge in [-0.05, 0) is 37.1 Å². The van der Waals surface area contributed by atoms with Crippen LogP contribution in [0.25, 0.3) is 0 Å². The number of amides is 1. The largest absolute Gasteiger partial charge is 0.481 e. The summed E-state index contributed by atoms with van der Waals surface area (Å²) in [7, 11) is 0. The van der Waals surface area contributed by atoms with E-state index >= 15 is 0 Å². The minimum absolute atomic E-state index is 0.178. The van der Waals surface area contributed by atoms with Gasteiger partial charge in [0.1, 0.15) is 5.69 Å². The molecule has 0 radical (unpaired) electrons. The number of pyridine rings is 1. The first-order valence-corrected chi connectivity index (χ1v) is 6.99. The summed E-state index contributed by atoms with van der Waals surface area (Å²) in [4.78, 5) is 27.6. The molecule has 0 aliphatic carbocycles. The summed E-state index contributed by atoms with van der Waals surface area (Å²) >= 11 is 0. The summed E-state index contributed by atoms with van der Waals surface area (Å²) in [5.41, 5.74) is 2.75. The van der Waals surface area contributed by atoms with Gasteiger partial charge in [0.15, 0.2) is 0 Å². The molecule has 1 heterocycles. The average molecular weight is 298 g/mol. The summed E-state index contributed by atoms with van der Waals surface area (Å²) in [6.45, 7) is 3.69. The van der Waals surface area contributed by atoms with Crippen LogP contribution < -0.4 is 5.32 Å². The Morgan fingerprint density at radius 1 is 1.14 bits per heavy atom. The molecular weight excluding hydrogens is 280 g/mol. The Bertz CT molecular complexity index is 698. The van der Waals surface area contributed by atoms with Crippen molar-refractivity contribution >= 4 is 11.9 Å². The lowest BCUT2D eigenvalue weighted by Crippen LogP contribution is -2.31. The fraction of sp³-hybridized carbons (Fsp3) is 0.235. The molecule has 0 fully saturated rings. The molecule has 0 saturated heterocycles. The van der Waals surface area contributed by atoms with Crippen LogP contribution in [0.5, 0.6) is 0 Å². The topological polar surface area (TPSA) is 79.3 Å². The number of rotatable bonds is 5. The van der Waals surface area contributed by atoms with Crippen molar-refractivity contribution in [3.63, 3.8) is 0 Å². The molecule has 0 bridgehead atoms. The highest BCUT2D eigenvalue weighted by Gasteiger charge is 2.20. The Hall–Kier alpha value is -2.69. The van der Waals surface area contributed by atoms with Gasteiger partial charge in [0.2, 0.25) is 0 Å². The van der Waals surface area contributed by atoms with Gasteiger partial charge in [-0.3, -0.25) is 9.59 Å². The number of nitrogens with zero attached hydrogens (tertiary/aromatic N) is 1. The van der Waals surface area contributed by atoms with Crippen LogP contribution in [-0.4, -0.2) is 22.0 Å². The van der Waals surface area contributed by atoms with Crippen molar-refractivity contribution in [2.45, 2.75) is 26.3 Å². The van der Waals surface area contributed by atoms with Gasteiger partial charge in [-0.1, -0.05) is 30.3 Å². The molecule has 0 spiro atoms. The molecule has 5 heteroatoms. The zero-order valence-corrected chi connectivity index (χ0v) is 12.5. The van der Waals surface area contributed by atoms with E-state index in [1.807, 2.05) is 31.2 Å². The second kappa shape index (κ2) is 6.85. The van der Waals surface area contributed by atoms with Crippen molar-refractivity contribution in [2.75, 3.05) is 0 Å². The maximum Gasteiger partial charge on any atom is 0.305 e. The first-order chi connectivity index (χ1) is 10.5. The first-order valence-electron chi connectivity index (χ1n) is 6.99. The molecule has 22 heavy (non-hydrogen) atoms. The maximum atomic E-state index is 12.3. The van der Waals surface area contributed by atoms with Crippen LogP contribution in [0.2, 0.25) is 0 Å². The molecule has 1 aromatic heterocycles. The first kappa shape index (κ1) is 15.7. The van der Waals surface area contributed by atoms with Crippen molar-refractivity contribution < 1.29 is 14.7 Å². The number of nitrogens with one attached hydrogen (secondary N) is 1. The van der Waals surface area contributed by atoms with E-state index in [-0.39, 0.29) is 18.0 Å². The number of carboxylic acid groups (broad SMARTS) is 1. The number of aliphatic carboxylic acids is 1. The van der Waals surface area contributed by atoms with Gasteiger partial charge < -0.3 is 10.4 Å². The number of carboxylic acids is 1. The van der Waals surface area contributed by atoms with Gasteiger partial charge in [0.25, 0.3) is 5.91 Å². The standard InChI is InChI=1S/C17H18N2O3/c1-11-6-3-4-8-13(11)15(10-16(20)21)19-17(22)14-9-5-7-12(2)18-14/h3-9,15H,10H2,1-2H3,(H,19,22)(H,20,21)/t15-/m1/s1. The van der Waals surface area contributed by atoms with E-state index in [1.54, 1.807) is 25.1 Å². The second-order valence-electron chi connectivity index (χ2n) is 5.14. The van der Waals surface area contributed by atoms with Crippen molar-refractivity contribution in [1.29, 1.82) is 0 Å². The van der Waals surface area contributed by atoms with Crippen LogP contribution in [0.15, 0.2) is 42.5 Å². The van der Waals surface area contributed by atoms with Crippen LogP contribution >= 0.6 is 0 Å². The lowest BCUT2D eigenvalue weighted by atomic mass is 9.98. The van der Waals surface area contributed by atoms with Gasteiger partial charge in [-0.25, -0.2) is 4.98 Å². The van der Waals surface area contributed by atoms with Crippen LogP contribution in [-0.2, 0) is 4.79 Å². The fourth-order valence-electron chi connectivity index (χ4n) is 2.29. The summed E-state index contributed by atoms with van der Waals surface area (Å²) in [6, 6.07) is 12.0. The van der Waals surface area contributed by atoms with E-state index in [0.717, 1.165) is 16.8 Å². The number of hydrogen-bond acceptors (Lipinski definition) is 3. The predicted octanol–water partition coefficient (Wildman–Crippen LogP) is 2.64. The molecule has 1 atom stereocenters. The lowest BCUT2D eigenvalue weighted by Gasteiger charge is -2.19. The molecule has 0 aliphatic heterocycles. The Kier molecular flexibility index (Phi) is 4.88. The van der Waals surface area contributed by atoms with Crippen LogP contribution in [0.4, 0.5) is 0 Å². The van der Waals surface area contributed by atoms with Gasteiger partial charge >= 0.3 is 5.97 Å². The minimum Gasteiger partial charge on any atom is -0.481 e. The molecule has 2 N–H and O–H groups in total. The molecule has 1 aromatic carbocycles. The van der Waals surface area contributed by atoms with Gasteiger partial charge in [0.05, 0.1) is 12.5 Å². The average Bonchev–Trinajstić information content (AvgIpc) is 2.46. The van der Waals surface area contributed by atoms with Crippen molar-refractivity contribution in [2.24, 2.45) is 0 Å². The molecule has 0 saturated carbocycles. The summed E-state index contributed by atoms with van der Waals surface area (Å²) in [5.74, 6) is -1.34. The molecular formula is C17H18N2O3. The molecule has 0 unspecified atom stereocenters. The van der Waals surface area contributed by atoms with Gasteiger partial charge in [-0.15, -0.1) is 0 Å². The highest BCUT2D eigenvalue weighted by molar-refractivity contribution is 5.92. The number of benzene rings is 1.